The monoisotopic (exact) mass is 344 g/mol. The highest BCUT2D eigenvalue weighted by atomic mass is 32.1. The van der Waals surface area contributed by atoms with Crippen molar-refractivity contribution < 1.29 is 8.78 Å². The first kappa shape index (κ1) is 16.7. The van der Waals surface area contributed by atoms with Gasteiger partial charge in [-0.05, 0) is 65.1 Å². The van der Waals surface area contributed by atoms with Gasteiger partial charge in [0.05, 0.1) is 11.7 Å². The lowest BCUT2D eigenvalue weighted by Crippen LogP contribution is -2.24. The first-order chi connectivity index (χ1) is 11.6. The molecular weight excluding hydrogens is 326 g/mol. The largest absolute Gasteiger partial charge is 0.304 e. The average molecular weight is 344 g/mol. The maximum atomic E-state index is 13.4. The number of benzene rings is 1. The van der Waals surface area contributed by atoms with Gasteiger partial charge >= 0.3 is 0 Å². The topological polar surface area (TPSA) is 24.9 Å². The van der Waals surface area contributed by atoms with E-state index in [0.717, 1.165) is 23.7 Å². The van der Waals surface area contributed by atoms with Crippen LogP contribution in [0.1, 0.15) is 28.4 Å². The molecule has 0 radical (unpaired) electrons. The smallest absolute Gasteiger partial charge is 0.159 e. The molecule has 3 aromatic rings. The summed E-state index contributed by atoms with van der Waals surface area (Å²) in [5, 5.41) is 7.57. The van der Waals surface area contributed by atoms with Crippen LogP contribution in [0, 0.1) is 18.6 Å². The molecule has 0 spiro atoms. The number of rotatable bonds is 6. The average Bonchev–Trinajstić information content (AvgIpc) is 3.08. The van der Waals surface area contributed by atoms with Gasteiger partial charge in [0.2, 0.25) is 0 Å². The zero-order valence-corrected chi connectivity index (χ0v) is 14.1. The van der Waals surface area contributed by atoms with E-state index in [1.165, 1.54) is 11.6 Å². The molecule has 124 valence electrons. The highest BCUT2D eigenvalue weighted by molar-refractivity contribution is 7.07. The summed E-state index contributed by atoms with van der Waals surface area (Å²) in [4.78, 5) is 4.51. The molecule has 2 aromatic heterocycles. The minimum Gasteiger partial charge on any atom is -0.304 e. The molecule has 0 saturated carbocycles. The van der Waals surface area contributed by atoms with Crippen molar-refractivity contribution in [2.24, 2.45) is 0 Å². The van der Waals surface area contributed by atoms with Crippen molar-refractivity contribution in [3.8, 4) is 0 Å². The number of nitrogens with one attached hydrogen (secondary N) is 1. The lowest BCUT2D eigenvalue weighted by atomic mass is 10.0. The number of hydrogen-bond acceptors (Lipinski definition) is 3. The molecule has 1 unspecified atom stereocenters. The summed E-state index contributed by atoms with van der Waals surface area (Å²) >= 11 is 1.66. The van der Waals surface area contributed by atoms with Crippen molar-refractivity contribution >= 4 is 11.3 Å². The summed E-state index contributed by atoms with van der Waals surface area (Å²) in [6, 6.07) is 10.1. The molecule has 5 heteroatoms. The minimum absolute atomic E-state index is 0.00770. The summed E-state index contributed by atoms with van der Waals surface area (Å²) in [5.74, 6) is -1.65. The molecule has 0 aliphatic rings. The van der Waals surface area contributed by atoms with Gasteiger partial charge < -0.3 is 5.32 Å². The first-order valence-electron chi connectivity index (χ1n) is 7.73. The highest BCUT2D eigenvalue weighted by Crippen LogP contribution is 2.20. The Labute approximate surface area is 144 Å². The number of nitrogens with zero attached hydrogens (tertiary/aromatic N) is 1. The van der Waals surface area contributed by atoms with E-state index in [2.05, 4.69) is 21.7 Å². The number of pyridine rings is 1. The molecule has 0 saturated heterocycles. The van der Waals surface area contributed by atoms with Crippen LogP contribution in [0.2, 0.25) is 0 Å². The Morgan fingerprint density at radius 1 is 1.08 bits per heavy atom. The molecule has 0 aliphatic heterocycles. The van der Waals surface area contributed by atoms with Gasteiger partial charge in [-0.25, -0.2) is 8.78 Å². The second-order valence-electron chi connectivity index (χ2n) is 5.78. The van der Waals surface area contributed by atoms with Crippen molar-refractivity contribution in [1.29, 1.82) is 0 Å². The quantitative estimate of drug-likeness (QED) is 0.694. The van der Waals surface area contributed by atoms with E-state index in [9.17, 15) is 8.78 Å². The lowest BCUT2D eigenvalue weighted by molar-refractivity contribution is 0.497. The van der Waals surface area contributed by atoms with Crippen LogP contribution in [0.3, 0.4) is 0 Å². The van der Waals surface area contributed by atoms with Gasteiger partial charge in [0.15, 0.2) is 11.6 Å². The van der Waals surface area contributed by atoms with Crippen LogP contribution >= 0.6 is 11.3 Å². The maximum absolute atomic E-state index is 13.4. The molecule has 1 atom stereocenters. The molecule has 1 aromatic carbocycles. The molecule has 24 heavy (non-hydrogen) atoms. The van der Waals surface area contributed by atoms with E-state index in [0.29, 0.717) is 12.1 Å². The van der Waals surface area contributed by atoms with E-state index >= 15 is 0 Å². The maximum Gasteiger partial charge on any atom is 0.159 e. The molecule has 3 rings (SSSR count). The van der Waals surface area contributed by atoms with E-state index in [1.807, 2.05) is 30.6 Å². The second-order valence-corrected chi connectivity index (χ2v) is 6.56. The van der Waals surface area contributed by atoms with Crippen LogP contribution in [-0.2, 0) is 13.0 Å². The SMILES string of the molecule is Cc1ccc(C(Cc2ccsc2)NCc2ccc(F)c(F)c2)nc1. The van der Waals surface area contributed by atoms with Gasteiger partial charge in [-0.2, -0.15) is 11.3 Å². The van der Waals surface area contributed by atoms with Crippen molar-refractivity contribution in [2.75, 3.05) is 0 Å². The summed E-state index contributed by atoms with van der Waals surface area (Å²) in [7, 11) is 0. The van der Waals surface area contributed by atoms with E-state index in [-0.39, 0.29) is 6.04 Å². The van der Waals surface area contributed by atoms with Crippen molar-refractivity contribution in [3.63, 3.8) is 0 Å². The fourth-order valence-corrected chi connectivity index (χ4v) is 3.18. The molecule has 0 aliphatic carbocycles. The molecule has 0 amide bonds. The van der Waals surface area contributed by atoms with Crippen LogP contribution in [-0.4, -0.2) is 4.98 Å². The zero-order chi connectivity index (χ0) is 16.9. The van der Waals surface area contributed by atoms with Crippen LogP contribution in [0.15, 0.2) is 53.4 Å². The normalized spacial score (nSPS) is 12.3. The van der Waals surface area contributed by atoms with Crippen LogP contribution in [0.25, 0.3) is 0 Å². The Hall–Kier alpha value is -2.11. The molecular formula is C19H18F2N2S. The Bertz CT molecular complexity index is 786. The minimum atomic E-state index is -0.825. The molecule has 2 heterocycles. The molecule has 2 nitrogen and oxygen atoms in total. The van der Waals surface area contributed by atoms with Gasteiger partial charge in [-0.15, -0.1) is 0 Å². The number of thiophene rings is 1. The van der Waals surface area contributed by atoms with E-state index < -0.39 is 11.6 Å². The van der Waals surface area contributed by atoms with Crippen LogP contribution in [0.4, 0.5) is 8.78 Å². The zero-order valence-electron chi connectivity index (χ0n) is 13.3. The van der Waals surface area contributed by atoms with E-state index in [1.54, 1.807) is 17.4 Å². The van der Waals surface area contributed by atoms with Gasteiger partial charge in [-0.1, -0.05) is 12.1 Å². The lowest BCUT2D eigenvalue weighted by Gasteiger charge is -2.18. The fraction of sp³-hybridized carbons (Fsp3) is 0.211. The number of hydrogen-bond donors (Lipinski definition) is 1. The second kappa shape index (κ2) is 7.64. The Balaban J connectivity index is 1.76. The van der Waals surface area contributed by atoms with Crippen LogP contribution < -0.4 is 5.32 Å². The molecule has 0 bridgehead atoms. The van der Waals surface area contributed by atoms with Gasteiger partial charge in [0.1, 0.15) is 0 Å². The first-order valence-corrected chi connectivity index (χ1v) is 8.67. The summed E-state index contributed by atoms with van der Waals surface area (Å²) < 4.78 is 26.4. The molecule has 0 fully saturated rings. The third kappa shape index (κ3) is 4.24. The predicted octanol–water partition coefficient (Wildman–Crippen LogP) is 4.80. The van der Waals surface area contributed by atoms with Gasteiger partial charge in [0, 0.05) is 12.7 Å². The van der Waals surface area contributed by atoms with Crippen molar-refractivity contribution in [3.05, 3.63) is 87.4 Å². The van der Waals surface area contributed by atoms with Gasteiger partial charge in [-0.3, -0.25) is 4.98 Å². The van der Waals surface area contributed by atoms with Crippen molar-refractivity contribution in [1.82, 2.24) is 10.3 Å². The Morgan fingerprint density at radius 2 is 1.96 bits per heavy atom. The third-order valence-corrected chi connectivity index (χ3v) is 4.58. The van der Waals surface area contributed by atoms with Crippen molar-refractivity contribution in [2.45, 2.75) is 25.9 Å². The third-order valence-electron chi connectivity index (χ3n) is 3.85. The number of aromatic nitrogens is 1. The summed E-state index contributed by atoms with van der Waals surface area (Å²) in [5.41, 5.74) is 3.98. The standard InChI is InChI=1S/C19H18F2N2S/c1-13-2-5-18(22-10-13)19(9-15-6-7-24-12-15)23-11-14-3-4-16(20)17(21)8-14/h2-8,10,12,19,23H,9,11H2,1H3. The number of aryl methyl sites for hydroxylation is 1. The van der Waals surface area contributed by atoms with E-state index in [4.69, 9.17) is 0 Å². The Morgan fingerprint density at radius 3 is 2.62 bits per heavy atom. The summed E-state index contributed by atoms with van der Waals surface area (Å²) in [6.07, 6.45) is 2.64. The molecule has 1 N–H and O–H groups in total. The fourth-order valence-electron chi connectivity index (χ4n) is 2.50. The summed E-state index contributed by atoms with van der Waals surface area (Å²) in [6.45, 7) is 2.45. The highest BCUT2D eigenvalue weighted by Gasteiger charge is 2.14. The Kier molecular flexibility index (Phi) is 5.33. The number of halogens is 2. The van der Waals surface area contributed by atoms with Crippen LogP contribution in [0.5, 0.6) is 0 Å². The predicted molar refractivity (Wildman–Crippen MR) is 92.9 cm³/mol. The van der Waals surface area contributed by atoms with Gasteiger partial charge in [0.25, 0.3) is 0 Å².